The van der Waals surface area contributed by atoms with Crippen LogP contribution in [-0.2, 0) is 30.3 Å². The molecule has 0 saturated heterocycles. The summed E-state index contributed by atoms with van der Waals surface area (Å²) in [6.45, 7) is 20.0. The van der Waals surface area contributed by atoms with Crippen molar-refractivity contribution in [3.8, 4) is 0 Å². The third-order valence-electron chi connectivity index (χ3n) is 0. The average Bonchev–Trinajstić information content (AvgIpc) is 2.18. The van der Waals surface area contributed by atoms with E-state index < -0.39 is 0 Å². The molecule has 11 heavy (non-hydrogen) atoms. The minimum atomic E-state index is 1.50. The van der Waals surface area contributed by atoms with Crippen molar-refractivity contribution >= 4 is 13.6 Å². The van der Waals surface area contributed by atoms with Gasteiger partial charge in [-0.1, -0.05) is 0 Å². The second-order valence-corrected chi connectivity index (χ2v) is 0.289. The van der Waals surface area contributed by atoms with E-state index in [-0.39, 0.29) is 0 Å². The summed E-state index contributed by atoms with van der Waals surface area (Å²) in [5, 5.41) is 0. The zero-order valence-electron chi connectivity index (χ0n) is 5.45. The Morgan fingerprint density at radius 1 is 0.909 bits per heavy atom. The topological polar surface area (TPSA) is 59.7 Å². The molecule has 0 aromatic rings. The molecule has 0 aliphatic carbocycles. The summed E-state index contributed by atoms with van der Waals surface area (Å²) < 4.78 is 22.5. The molecular formula is C6H5BrO3Ru+. The van der Waals surface area contributed by atoms with Crippen molar-refractivity contribution < 1.29 is 30.3 Å². The van der Waals surface area contributed by atoms with Gasteiger partial charge >= 0.3 is 63.9 Å². The Bertz CT molecular complexity index is 55.7. The maximum atomic E-state index is 7.50. The van der Waals surface area contributed by atoms with Crippen LogP contribution in [0.25, 0.3) is 0 Å². The minimum absolute atomic E-state index is 1.50. The molecule has 0 atom stereocenters. The molecule has 0 aromatic heterocycles. The second kappa shape index (κ2) is 512. The maximum Gasteiger partial charge on any atom is -0.0386 e. The molecule has 5 heteroatoms. The average molecular weight is 306 g/mol. The van der Waals surface area contributed by atoms with Crippen LogP contribution in [-0.4, -0.2) is 0 Å². The van der Waals surface area contributed by atoms with E-state index in [1.807, 2.05) is 0 Å². The number of halogens is 1. The molecule has 0 aliphatic heterocycles. The van der Waals surface area contributed by atoms with E-state index in [0.717, 1.165) is 0 Å². The van der Waals surface area contributed by atoms with E-state index in [9.17, 15) is 0 Å². The van der Waals surface area contributed by atoms with Gasteiger partial charge in [-0.05, 0) is 20.3 Å². The van der Waals surface area contributed by atoms with E-state index in [4.69, 9.17) is 14.0 Å². The van der Waals surface area contributed by atoms with Crippen molar-refractivity contribution in [3.63, 3.8) is 0 Å². The van der Waals surface area contributed by atoms with Crippen LogP contribution in [0.15, 0.2) is 0 Å². The van der Waals surface area contributed by atoms with Crippen LogP contribution in [0.1, 0.15) is 0 Å². The molecular weight excluding hydrogens is 301 g/mol. The first-order chi connectivity index (χ1) is 5.41. The molecule has 3 radical (unpaired) electrons. The zero-order valence-corrected chi connectivity index (χ0v) is 8.77. The summed E-state index contributed by atoms with van der Waals surface area (Å²) in [5.74, 6) is 0. The Hall–Kier alpha value is 0.323. The number of hydrogen-bond donors (Lipinski definition) is 0. The van der Waals surface area contributed by atoms with Crippen LogP contribution in [0.3, 0.4) is 0 Å². The van der Waals surface area contributed by atoms with Gasteiger partial charge in [-0.15, -0.1) is 0 Å². The Kier molecular flexibility index (Phi) is 1410. The Labute approximate surface area is 84.1 Å². The molecule has 0 heterocycles. The summed E-state index contributed by atoms with van der Waals surface area (Å²) in [6.07, 6.45) is 1.50. The summed E-state index contributed by atoms with van der Waals surface area (Å²) >= 11 is 5.03. The molecule has 3 nitrogen and oxygen atoms in total. The van der Waals surface area contributed by atoms with Gasteiger partial charge in [0.05, 0.1) is 0 Å². The zero-order chi connectivity index (χ0) is 10.7. The van der Waals surface area contributed by atoms with Gasteiger partial charge in [0.25, 0.3) is 0 Å². The minimum Gasteiger partial charge on any atom is -0.0499 e. The third-order valence-corrected chi connectivity index (χ3v) is 0. The van der Waals surface area contributed by atoms with E-state index in [1.165, 1.54) is 6.42 Å². The van der Waals surface area contributed by atoms with Crippen molar-refractivity contribution in [1.82, 2.24) is 0 Å². The van der Waals surface area contributed by atoms with E-state index in [2.05, 4.69) is 63.8 Å². The fraction of sp³-hybridized carbons (Fsp3) is 0. The number of hydrogen-bond acceptors (Lipinski definition) is 0. The molecule has 0 spiro atoms. The molecule has 0 amide bonds. The third kappa shape index (κ3) is 6840. The smallest absolute Gasteiger partial charge is 0.0386 e. The monoisotopic (exact) mass is 306 g/mol. The summed E-state index contributed by atoms with van der Waals surface area (Å²) in [5.41, 5.74) is 0. The molecule has 0 aromatic carbocycles. The van der Waals surface area contributed by atoms with Gasteiger partial charge in [0.1, 0.15) is 0 Å². The van der Waals surface area contributed by atoms with Crippen molar-refractivity contribution in [1.29, 1.82) is 0 Å². The largest absolute Gasteiger partial charge is 0.0499 e. The van der Waals surface area contributed by atoms with Gasteiger partial charge in [-0.2, -0.15) is 0 Å². The van der Waals surface area contributed by atoms with Crippen LogP contribution < -0.4 is 0 Å². The SMILES string of the molecule is [Br][Ru+].[C-]#[O+].[C-]#[O+].[C-]#[O+].[CH2][CH][CH2]. The molecule has 0 unspecified atom stereocenters. The molecule has 0 rings (SSSR count). The molecule has 0 saturated carbocycles. The molecule has 0 fully saturated rings. The van der Waals surface area contributed by atoms with Gasteiger partial charge in [-0.25, -0.2) is 0 Å². The van der Waals surface area contributed by atoms with Crippen molar-refractivity contribution in [2.75, 3.05) is 0 Å². The summed E-state index contributed by atoms with van der Waals surface area (Å²) in [7, 11) is 0. The fourth-order valence-corrected chi connectivity index (χ4v) is 0. The molecule has 0 N–H and O–H groups in total. The predicted octanol–water partition coefficient (Wildman–Crippen LogP) is 1.59. The summed E-state index contributed by atoms with van der Waals surface area (Å²) in [6, 6.07) is 0. The van der Waals surface area contributed by atoms with Crippen LogP contribution in [0.5, 0.6) is 0 Å². The standard InChI is InChI=1S/C3H5.3CO.BrH.Ru/c1-3-2;3*1-2;;/h3H,1-2H2;;;;1H;/q;;;;;+2/p-1. The quantitative estimate of drug-likeness (QED) is 0.371. The van der Waals surface area contributed by atoms with Crippen LogP contribution in [0.4, 0.5) is 0 Å². The fourth-order valence-electron chi connectivity index (χ4n) is 0. The normalized spacial score (nSPS) is 2.73. The first-order valence-corrected chi connectivity index (χ1v) is 5.54. The van der Waals surface area contributed by atoms with Crippen LogP contribution in [0, 0.1) is 40.2 Å². The Morgan fingerprint density at radius 3 is 0.909 bits per heavy atom. The molecule has 0 bridgehead atoms. The van der Waals surface area contributed by atoms with E-state index in [1.54, 1.807) is 0 Å². The maximum absolute atomic E-state index is 7.50. The van der Waals surface area contributed by atoms with Crippen molar-refractivity contribution in [3.05, 3.63) is 40.2 Å². The predicted molar refractivity (Wildman–Crippen MR) is 35.7 cm³/mol. The summed E-state index contributed by atoms with van der Waals surface area (Å²) in [4.78, 5) is 0. The van der Waals surface area contributed by atoms with Gasteiger partial charge in [0, 0.05) is 0 Å². The van der Waals surface area contributed by atoms with Gasteiger partial charge in [-0.3, -0.25) is 0 Å². The Balaban J connectivity index is -0.0000000139. The van der Waals surface area contributed by atoms with Gasteiger partial charge in [0.2, 0.25) is 0 Å². The van der Waals surface area contributed by atoms with Crippen molar-refractivity contribution in [2.24, 2.45) is 0 Å². The van der Waals surface area contributed by atoms with Crippen LogP contribution >= 0.6 is 13.6 Å². The van der Waals surface area contributed by atoms with E-state index in [0.29, 0.717) is 0 Å². The van der Waals surface area contributed by atoms with Crippen LogP contribution in [0.2, 0.25) is 0 Å². The van der Waals surface area contributed by atoms with E-state index >= 15 is 0 Å². The van der Waals surface area contributed by atoms with Gasteiger partial charge < -0.3 is 0 Å². The molecule has 61 valence electrons. The first-order valence-electron chi connectivity index (χ1n) is 1.56. The second-order valence-electron chi connectivity index (χ2n) is 0.289. The van der Waals surface area contributed by atoms with Gasteiger partial charge in [0.15, 0.2) is 0 Å². The molecule has 0 aliphatic rings. The first kappa shape index (κ1) is 30.2. The number of rotatable bonds is 0. The Morgan fingerprint density at radius 2 is 0.909 bits per heavy atom. The van der Waals surface area contributed by atoms with Crippen molar-refractivity contribution in [2.45, 2.75) is 0 Å².